The average Bonchev–Trinajstić information content (AvgIpc) is 3.48. The molecule has 3 N–H and O–H groups in total. The molecular weight excluding hydrogens is 402 g/mol. The van der Waals surface area contributed by atoms with Crippen molar-refractivity contribution in [3.8, 4) is 11.5 Å². The summed E-state index contributed by atoms with van der Waals surface area (Å²) in [5, 5.41) is 8.12. The van der Waals surface area contributed by atoms with Crippen LogP contribution in [0.4, 0.5) is 5.69 Å². The van der Waals surface area contributed by atoms with Gasteiger partial charge in [-0.3, -0.25) is 14.4 Å². The van der Waals surface area contributed by atoms with Crippen molar-refractivity contribution in [2.24, 2.45) is 0 Å². The minimum absolute atomic E-state index is 0.139. The van der Waals surface area contributed by atoms with Gasteiger partial charge in [0.2, 0.25) is 6.79 Å². The van der Waals surface area contributed by atoms with E-state index in [1.165, 1.54) is 6.26 Å². The second-order valence-corrected chi connectivity index (χ2v) is 6.59. The molecular formula is C22H19N3O6. The molecule has 2 heterocycles. The van der Waals surface area contributed by atoms with Gasteiger partial charge in [-0.05, 0) is 54.6 Å². The summed E-state index contributed by atoms with van der Waals surface area (Å²) in [6, 6.07) is 14.6. The van der Waals surface area contributed by atoms with E-state index in [0.29, 0.717) is 28.3 Å². The molecule has 2 aromatic carbocycles. The van der Waals surface area contributed by atoms with Gasteiger partial charge in [0, 0.05) is 29.9 Å². The largest absolute Gasteiger partial charge is 0.459 e. The van der Waals surface area contributed by atoms with Crippen molar-refractivity contribution in [2.75, 3.05) is 25.2 Å². The second-order valence-electron chi connectivity index (χ2n) is 6.59. The Morgan fingerprint density at radius 1 is 0.774 bits per heavy atom. The number of amides is 3. The van der Waals surface area contributed by atoms with Crippen LogP contribution in [0.15, 0.2) is 65.3 Å². The number of hydrogen-bond acceptors (Lipinski definition) is 6. The summed E-state index contributed by atoms with van der Waals surface area (Å²) in [6.07, 6.45) is 1.41. The Balaban J connectivity index is 1.25. The van der Waals surface area contributed by atoms with E-state index < -0.39 is 0 Å². The molecule has 0 bridgehead atoms. The van der Waals surface area contributed by atoms with E-state index in [0.717, 1.165) is 0 Å². The first kappa shape index (κ1) is 20.0. The Hall–Kier alpha value is -4.27. The van der Waals surface area contributed by atoms with Crippen LogP contribution in [-0.2, 0) is 0 Å². The van der Waals surface area contributed by atoms with Crippen molar-refractivity contribution in [1.29, 1.82) is 0 Å². The average molecular weight is 421 g/mol. The Morgan fingerprint density at radius 3 is 2.23 bits per heavy atom. The van der Waals surface area contributed by atoms with Gasteiger partial charge in [0.1, 0.15) is 0 Å². The maximum Gasteiger partial charge on any atom is 0.287 e. The monoisotopic (exact) mass is 421 g/mol. The number of carbonyl (C=O) groups excluding carboxylic acids is 3. The fourth-order valence-electron chi connectivity index (χ4n) is 2.89. The van der Waals surface area contributed by atoms with Crippen LogP contribution in [0.3, 0.4) is 0 Å². The number of ether oxygens (including phenoxy) is 2. The van der Waals surface area contributed by atoms with Crippen molar-refractivity contribution in [1.82, 2.24) is 10.6 Å². The predicted molar refractivity (Wildman–Crippen MR) is 110 cm³/mol. The van der Waals surface area contributed by atoms with Gasteiger partial charge in [-0.15, -0.1) is 0 Å². The molecule has 0 spiro atoms. The van der Waals surface area contributed by atoms with E-state index in [-0.39, 0.29) is 43.4 Å². The smallest absolute Gasteiger partial charge is 0.287 e. The second kappa shape index (κ2) is 9.04. The predicted octanol–water partition coefficient (Wildman–Crippen LogP) is 2.42. The molecule has 3 amide bonds. The van der Waals surface area contributed by atoms with Crippen LogP contribution in [-0.4, -0.2) is 37.6 Å². The molecule has 1 aliphatic heterocycles. The fourth-order valence-corrected chi connectivity index (χ4v) is 2.89. The molecule has 3 aromatic rings. The SMILES string of the molecule is O=C(NCCNC(=O)c1ccco1)c1ccc(NC(=O)c2ccc3c(c2)OCO3)cc1. The van der Waals surface area contributed by atoms with Gasteiger partial charge < -0.3 is 29.8 Å². The van der Waals surface area contributed by atoms with Gasteiger partial charge in [0.25, 0.3) is 17.7 Å². The van der Waals surface area contributed by atoms with Gasteiger partial charge in [-0.25, -0.2) is 0 Å². The van der Waals surface area contributed by atoms with Crippen molar-refractivity contribution >= 4 is 23.4 Å². The Kier molecular flexibility index (Phi) is 5.84. The molecule has 9 nitrogen and oxygen atoms in total. The molecule has 0 saturated heterocycles. The van der Waals surface area contributed by atoms with Crippen LogP contribution < -0.4 is 25.4 Å². The molecule has 9 heteroatoms. The number of rotatable bonds is 7. The van der Waals surface area contributed by atoms with Crippen molar-refractivity contribution in [3.05, 3.63) is 77.7 Å². The highest BCUT2D eigenvalue weighted by Gasteiger charge is 2.16. The summed E-state index contributed by atoms with van der Waals surface area (Å²) in [6.45, 7) is 0.656. The molecule has 4 rings (SSSR count). The van der Waals surface area contributed by atoms with Gasteiger partial charge >= 0.3 is 0 Å². The number of carbonyl (C=O) groups is 3. The van der Waals surface area contributed by atoms with Gasteiger partial charge in [-0.1, -0.05) is 0 Å². The first-order chi connectivity index (χ1) is 15.1. The quantitative estimate of drug-likeness (QED) is 0.504. The molecule has 1 aliphatic rings. The minimum Gasteiger partial charge on any atom is -0.459 e. The molecule has 31 heavy (non-hydrogen) atoms. The third-order valence-electron chi connectivity index (χ3n) is 4.48. The van der Waals surface area contributed by atoms with E-state index >= 15 is 0 Å². The zero-order chi connectivity index (χ0) is 21.6. The lowest BCUT2D eigenvalue weighted by Gasteiger charge is -2.08. The number of anilines is 1. The normalized spacial score (nSPS) is 11.6. The van der Waals surface area contributed by atoms with E-state index in [1.54, 1.807) is 54.6 Å². The van der Waals surface area contributed by atoms with Crippen molar-refractivity contribution < 1.29 is 28.3 Å². The number of benzene rings is 2. The standard InChI is InChI=1S/C22H19N3O6/c26-20(23-9-10-24-22(28)18-2-1-11-29-18)14-3-6-16(7-4-14)25-21(27)15-5-8-17-19(12-15)31-13-30-17/h1-8,11-12H,9-10,13H2,(H,23,26)(H,24,28)(H,25,27). The van der Waals surface area contributed by atoms with Crippen LogP contribution in [0.25, 0.3) is 0 Å². The van der Waals surface area contributed by atoms with Crippen molar-refractivity contribution in [2.45, 2.75) is 0 Å². The van der Waals surface area contributed by atoms with E-state index in [1.807, 2.05) is 0 Å². The van der Waals surface area contributed by atoms with E-state index in [9.17, 15) is 14.4 Å². The highest BCUT2D eigenvalue weighted by molar-refractivity contribution is 6.05. The summed E-state index contributed by atoms with van der Waals surface area (Å²) in [7, 11) is 0. The number of furan rings is 1. The Bertz CT molecular complexity index is 1090. The fraction of sp³-hybridized carbons (Fsp3) is 0.136. The van der Waals surface area contributed by atoms with Crippen LogP contribution >= 0.6 is 0 Å². The molecule has 0 fully saturated rings. The van der Waals surface area contributed by atoms with Crippen LogP contribution in [0.5, 0.6) is 11.5 Å². The lowest BCUT2D eigenvalue weighted by molar-refractivity contribution is 0.0910. The van der Waals surface area contributed by atoms with Crippen LogP contribution in [0.1, 0.15) is 31.3 Å². The lowest BCUT2D eigenvalue weighted by Crippen LogP contribution is -2.34. The molecule has 158 valence electrons. The molecule has 0 unspecified atom stereocenters. The van der Waals surface area contributed by atoms with Gasteiger partial charge in [-0.2, -0.15) is 0 Å². The van der Waals surface area contributed by atoms with Crippen LogP contribution in [0.2, 0.25) is 0 Å². The third-order valence-corrected chi connectivity index (χ3v) is 4.48. The first-order valence-electron chi connectivity index (χ1n) is 9.51. The summed E-state index contributed by atoms with van der Waals surface area (Å²) < 4.78 is 15.5. The molecule has 0 saturated carbocycles. The maximum absolute atomic E-state index is 12.4. The summed E-state index contributed by atoms with van der Waals surface area (Å²) >= 11 is 0. The number of hydrogen-bond donors (Lipinski definition) is 3. The summed E-state index contributed by atoms with van der Waals surface area (Å²) in [5.74, 6) is 0.405. The topological polar surface area (TPSA) is 119 Å². The van der Waals surface area contributed by atoms with Crippen LogP contribution in [0, 0.1) is 0 Å². The zero-order valence-electron chi connectivity index (χ0n) is 16.3. The highest BCUT2D eigenvalue weighted by atomic mass is 16.7. The molecule has 0 aliphatic carbocycles. The molecule has 0 radical (unpaired) electrons. The van der Waals surface area contributed by atoms with Gasteiger partial charge in [0.05, 0.1) is 6.26 Å². The van der Waals surface area contributed by atoms with E-state index in [4.69, 9.17) is 13.9 Å². The molecule has 0 atom stereocenters. The first-order valence-corrected chi connectivity index (χ1v) is 9.51. The zero-order valence-corrected chi connectivity index (χ0v) is 16.3. The Morgan fingerprint density at radius 2 is 1.48 bits per heavy atom. The highest BCUT2D eigenvalue weighted by Crippen LogP contribution is 2.32. The summed E-state index contributed by atoms with van der Waals surface area (Å²) in [5.41, 5.74) is 1.41. The number of fused-ring (bicyclic) bond motifs is 1. The van der Waals surface area contributed by atoms with E-state index in [2.05, 4.69) is 16.0 Å². The molecule has 1 aromatic heterocycles. The summed E-state index contributed by atoms with van der Waals surface area (Å²) in [4.78, 5) is 36.4. The Labute approximate surface area is 177 Å². The third kappa shape index (κ3) is 4.84. The minimum atomic E-state index is -0.346. The number of nitrogens with one attached hydrogen (secondary N) is 3. The lowest BCUT2D eigenvalue weighted by atomic mass is 10.1. The maximum atomic E-state index is 12.4. The van der Waals surface area contributed by atoms with Crippen molar-refractivity contribution in [3.63, 3.8) is 0 Å². The van der Waals surface area contributed by atoms with Gasteiger partial charge in [0.15, 0.2) is 17.3 Å².